The Labute approximate surface area is 147 Å². The molecule has 2 heterocycles. The molecule has 1 aliphatic heterocycles. The summed E-state index contributed by atoms with van der Waals surface area (Å²) in [5, 5.41) is 9.46. The largest absolute Gasteiger partial charge is 0.495 e. The van der Waals surface area contributed by atoms with Crippen molar-refractivity contribution in [2.24, 2.45) is 0 Å². The second-order valence-corrected chi connectivity index (χ2v) is 6.98. The van der Waals surface area contributed by atoms with Crippen LogP contribution in [-0.2, 0) is 9.31 Å². The minimum atomic E-state index is -0.592. The van der Waals surface area contributed by atoms with E-state index in [4.69, 9.17) is 20.8 Å². The van der Waals surface area contributed by atoms with Gasteiger partial charge in [-0.25, -0.2) is 4.98 Å². The minimum Gasteiger partial charge on any atom is -0.399 e. The summed E-state index contributed by atoms with van der Waals surface area (Å²) in [6.07, 6.45) is 0. The highest BCUT2D eigenvalue weighted by Crippen LogP contribution is 2.37. The van der Waals surface area contributed by atoms with Crippen molar-refractivity contribution in [1.82, 2.24) is 9.97 Å². The van der Waals surface area contributed by atoms with Gasteiger partial charge < -0.3 is 20.8 Å². The molecule has 1 fully saturated rings. The van der Waals surface area contributed by atoms with Gasteiger partial charge in [-0.1, -0.05) is 24.3 Å². The minimum absolute atomic E-state index is 0.00946. The van der Waals surface area contributed by atoms with Gasteiger partial charge in [-0.05, 0) is 33.2 Å². The smallest absolute Gasteiger partial charge is 0.399 e. The molecule has 0 unspecified atom stereocenters. The van der Waals surface area contributed by atoms with Crippen LogP contribution in [0.25, 0.3) is 11.3 Å². The van der Waals surface area contributed by atoms with Crippen LogP contribution in [0.1, 0.15) is 33.3 Å². The Morgan fingerprint density at radius 3 is 2.24 bits per heavy atom. The summed E-state index contributed by atoms with van der Waals surface area (Å²) < 4.78 is 12.3. The number of anilines is 2. The van der Waals surface area contributed by atoms with Gasteiger partial charge in [0.25, 0.3) is 0 Å². The van der Waals surface area contributed by atoms with Crippen molar-refractivity contribution in [3.8, 4) is 17.3 Å². The zero-order valence-corrected chi connectivity index (χ0v) is 14.7. The number of aromatic nitrogens is 2. The molecule has 1 aromatic heterocycles. The van der Waals surface area contributed by atoms with Crippen molar-refractivity contribution in [3.63, 3.8) is 0 Å². The number of nitriles is 1. The molecule has 0 atom stereocenters. The lowest BCUT2D eigenvalue weighted by molar-refractivity contribution is 0.00578. The molecule has 4 N–H and O–H groups in total. The van der Waals surface area contributed by atoms with Gasteiger partial charge in [0, 0.05) is 5.56 Å². The topological polar surface area (TPSA) is 120 Å². The lowest BCUT2D eigenvalue weighted by atomic mass is 9.75. The average Bonchev–Trinajstić information content (AvgIpc) is 2.74. The second-order valence-electron chi connectivity index (χ2n) is 6.98. The van der Waals surface area contributed by atoms with Gasteiger partial charge >= 0.3 is 7.12 Å². The number of hydrogen-bond donors (Lipinski definition) is 2. The van der Waals surface area contributed by atoms with Gasteiger partial charge in [0.1, 0.15) is 17.5 Å². The van der Waals surface area contributed by atoms with Gasteiger partial charge in [-0.3, -0.25) is 0 Å². The van der Waals surface area contributed by atoms with Gasteiger partial charge in [0.15, 0.2) is 0 Å². The number of nitrogen functional groups attached to an aromatic ring is 2. The summed E-state index contributed by atoms with van der Waals surface area (Å²) in [7, 11) is -0.592. The molecule has 3 rings (SSSR count). The van der Waals surface area contributed by atoms with Crippen molar-refractivity contribution in [2.75, 3.05) is 11.5 Å². The van der Waals surface area contributed by atoms with E-state index in [1.165, 1.54) is 0 Å². The van der Waals surface area contributed by atoms with Crippen LogP contribution in [0.5, 0.6) is 0 Å². The van der Waals surface area contributed by atoms with E-state index >= 15 is 0 Å². The van der Waals surface area contributed by atoms with Gasteiger partial charge in [0.2, 0.25) is 5.95 Å². The van der Waals surface area contributed by atoms with Crippen LogP contribution in [0.3, 0.4) is 0 Å². The molecule has 1 saturated heterocycles. The highest BCUT2D eigenvalue weighted by Gasteiger charge is 2.52. The predicted molar refractivity (Wildman–Crippen MR) is 96.7 cm³/mol. The Bertz CT molecular complexity index is 860. The number of benzene rings is 1. The Morgan fingerprint density at radius 1 is 1.04 bits per heavy atom. The number of hydrogen-bond acceptors (Lipinski definition) is 7. The predicted octanol–water partition coefficient (Wildman–Crippen LogP) is 1.48. The fourth-order valence-electron chi connectivity index (χ4n) is 2.69. The van der Waals surface area contributed by atoms with Crippen molar-refractivity contribution < 1.29 is 9.31 Å². The molecule has 1 aliphatic rings. The van der Waals surface area contributed by atoms with E-state index in [0.717, 1.165) is 5.46 Å². The zero-order chi connectivity index (χ0) is 18.4. The highest BCUT2D eigenvalue weighted by molar-refractivity contribution is 6.63. The number of nitrogens with zero attached hydrogens (tertiary/aromatic N) is 3. The summed E-state index contributed by atoms with van der Waals surface area (Å²) in [6, 6.07) is 9.50. The molecule has 25 heavy (non-hydrogen) atoms. The van der Waals surface area contributed by atoms with Crippen LogP contribution in [0.2, 0.25) is 0 Å². The van der Waals surface area contributed by atoms with E-state index in [0.29, 0.717) is 11.3 Å². The fourth-order valence-corrected chi connectivity index (χ4v) is 2.69. The highest BCUT2D eigenvalue weighted by atomic mass is 16.7. The molecule has 0 saturated carbocycles. The van der Waals surface area contributed by atoms with Crippen LogP contribution < -0.4 is 16.9 Å². The van der Waals surface area contributed by atoms with E-state index in [1.807, 2.05) is 52.0 Å². The molecule has 1 aromatic carbocycles. The molecule has 0 radical (unpaired) electrons. The Hall–Kier alpha value is -2.63. The molecule has 2 aromatic rings. The maximum absolute atomic E-state index is 9.46. The van der Waals surface area contributed by atoms with E-state index in [2.05, 4.69) is 16.0 Å². The van der Waals surface area contributed by atoms with Crippen molar-refractivity contribution in [3.05, 3.63) is 29.8 Å². The van der Waals surface area contributed by atoms with E-state index in [9.17, 15) is 5.26 Å². The molecular formula is C17H20BN5O2. The monoisotopic (exact) mass is 337 g/mol. The quantitative estimate of drug-likeness (QED) is 0.796. The first-order valence-corrected chi connectivity index (χ1v) is 7.94. The lowest BCUT2D eigenvalue weighted by Crippen LogP contribution is -2.41. The van der Waals surface area contributed by atoms with Crippen molar-refractivity contribution in [1.29, 1.82) is 5.26 Å². The fraction of sp³-hybridized carbons (Fsp3) is 0.353. The zero-order valence-electron chi connectivity index (χ0n) is 14.7. The van der Waals surface area contributed by atoms with Crippen LogP contribution in [0.4, 0.5) is 11.8 Å². The van der Waals surface area contributed by atoms with Crippen molar-refractivity contribution in [2.45, 2.75) is 38.9 Å². The number of nitrogens with two attached hydrogens (primary N) is 2. The van der Waals surface area contributed by atoms with E-state index < -0.39 is 18.3 Å². The van der Waals surface area contributed by atoms with Crippen LogP contribution in [-0.4, -0.2) is 28.3 Å². The third-order valence-electron chi connectivity index (χ3n) is 4.79. The van der Waals surface area contributed by atoms with Crippen molar-refractivity contribution >= 4 is 24.3 Å². The molecule has 0 aliphatic carbocycles. The molecule has 7 nitrogen and oxygen atoms in total. The Morgan fingerprint density at radius 2 is 1.64 bits per heavy atom. The molecular weight excluding hydrogens is 317 g/mol. The van der Waals surface area contributed by atoms with E-state index in [-0.39, 0.29) is 17.3 Å². The molecule has 0 amide bonds. The van der Waals surface area contributed by atoms with Gasteiger partial charge in [0.05, 0.1) is 16.9 Å². The molecule has 0 bridgehead atoms. The standard InChI is InChI=1S/C17H20BN5O2/c1-16(2)17(3,4)25-18(24-16)12-8-6-5-7-10(12)13-11(9-19)14(20)23-15(21)22-13/h5-8H,1-4H3,(H4,20,21,22,23). The molecule has 128 valence electrons. The van der Waals surface area contributed by atoms with Gasteiger partial charge in [-0.2, -0.15) is 10.2 Å². The first kappa shape index (κ1) is 17.2. The SMILES string of the molecule is CC1(C)OB(c2ccccc2-c2nc(N)nc(N)c2C#N)OC1(C)C. The first-order valence-electron chi connectivity index (χ1n) is 7.94. The summed E-state index contributed by atoms with van der Waals surface area (Å²) in [5.41, 5.74) is 12.6. The normalized spacial score (nSPS) is 18.1. The summed E-state index contributed by atoms with van der Waals surface area (Å²) in [4.78, 5) is 8.10. The average molecular weight is 337 g/mol. The second kappa shape index (κ2) is 5.72. The summed E-state index contributed by atoms with van der Waals surface area (Å²) >= 11 is 0. The third-order valence-corrected chi connectivity index (χ3v) is 4.79. The van der Waals surface area contributed by atoms with E-state index in [1.54, 1.807) is 0 Å². The van der Waals surface area contributed by atoms with Crippen LogP contribution in [0.15, 0.2) is 24.3 Å². The Balaban J connectivity index is 2.16. The van der Waals surface area contributed by atoms with Gasteiger partial charge in [-0.15, -0.1) is 0 Å². The lowest BCUT2D eigenvalue weighted by Gasteiger charge is -2.32. The van der Waals surface area contributed by atoms with Crippen LogP contribution >= 0.6 is 0 Å². The Kier molecular flexibility index (Phi) is 3.94. The summed E-state index contributed by atoms with van der Waals surface area (Å²) in [6.45, 7) is 7.93. The molecule has 8 heteroatoms. The maximum atomic E-state index is 9.46. The maximum Gasteiger partial charge on any atom is 0.495 e. The summed E-state index contributed by atoms with van der Waals surface area (Å²) in [5.74, 6) is 0.0592. The number of rotatable bonds is 2. The first-order chi connectivity index (χ1) is 11.7. The third kappa shape index (κ3) is 2.82. The molecule has 0 spiro atoms. The van der Waals surface area contributed by atoms with Crippen LogP contribution in [0, 0.1) is 11.3 Å².